The molecule has 31 heavy (non-hydrogen) atoms. The van der Waals surface area contributed by atoms with Crippen LogP contribution in [0.25, 0.3) is 10.8 Å². The van der Waals surface area contributed by atoms with Gasteiger partial charge in [-0.15, -0.1) is 5.53 Å². The molecule has 0 radical (unpaired) electrons. The molecule has 0 saturated heterocycles. The second-order valence-corrected chi connectivity index (χ2v) is 7.44. The molecular weight excluding hydrogens is 397 g/mol. The van der Waals surface area contributed by atoms with Gasteiger partial charge < -0.3 is 10.7 Å². The first-order valence-corrected chi connectivity index (χ1v) is 10.0. The van der Waals surface area contributed by atoms with Crippen molar-refractivity contribution in [3.63, 3.8) is 0 Å². The molecule has 1 aliphatic rings. The van der Waals surface area contributed by atoms with E-state index in [4.69, 9.17) is 5.21 Å². The van der Waals surface area contributed by atoms with Gasteiger partial charge in [0.1, 0.15) is 5.82 Å². The summed E-state index contributed by atoms with van der Waals surface area (Å²) in [6.45, 7) is 0.490. The molecule has 3 aromatic carbocycles. The van der Waals surface area contributed by atoms with E-state index in [0.29, 0.717) is 13.0 Å². The molecule has 1 aliphatic heterocycles. The number of hydrogen-bond donors (Lipinski definition) is 5. The molecular formula is C23H24FN5O2. The van der Waals surface area contributed by atoms with Crippen molar-refractivity contribution in [2.45, 2.75) is 18.9 Å². The zero-order chi connectivity index (χ0) is 21.6. The molecule has 0 spiro atoms. The molecule has 8 heteroatoms. The summed E-state index contributed by atoms with van der Waals surface area (Å²) in [5.74, 6) is -0.742. The maximum atomic E-state index is 13.0. The van der Waals surface area contributed by atoms with Crippen LogP contribution in [0.4, 0.5) is 10.1 Å². The third-order valence-electron chi connectivity index (χ3n) is 5.19. The standard InChI is InChI=1S/C23H24FN5O2/c24-19-7-9-20(10-8-19)25-14-21-15-29(28-26-21)22(13-23(30)27-31)12-16-5-6-17-3-1-2-4-18(17)11-16/h1-11,15,22,25-26,28,31H,12-14H2,(H,27,30). The number of nitrogens with one attached hydrogen (secondary N) is 4. The molecule has 4 rings (SSSR count). The summed E-state index contributed by atoms with van der Waals surface area (Å²) in [6.07, 6.45) is 2.59. The van der Waals surface area contributed by atoms with Gasteiger partial charge in [0.2, 0.25) is 5.91 Å². The molecule has 1 unspecified atom stereocenters. The van der Waals surface area contributed by atoms with Crippen LogP contribution in [0.5, 0.6) is 0 Å². The molecule has 3 aromatic rings. The summed E-state index contributed by atoms with van der Waals surface area (Å²) in [4.78, 5) is 11.9. The summed E-state index contributed by atoms with van der Waals surface area (Å²) in [7, 11) is 0. The molecule has 7 nitrogen and oxygen atoms in total. The number of hydroxylamine groups is 1. The summed E-state index contributed by atoms with van der Waals surface area (Å²) < 4.78 is 13.0. The minimum atomic E-state index is -0.459. The van der Waals surface area contributed by atoms with Crippen LogP contribution in [0, 0.1) is 5.82 Å². The molecule has 5 N–H and O–H groups in total. The van der Waals surface area contributed by atoms with Gasteiger partial charge in [-0.3, -0.25) is 15.0 Å². The molecule has 0 aromatic heterocycles. The van der Waals surface area contributed by atoms with E-state index in [2.05, 4.69) is 46.6 Å². The molecule has 0 aliphatic carbocycles. The van der Waals surface area contributed by atoms with Crippen molar-refractivity contribution in [3.05, 3.63) is 90.0 Å². The maximum absolute atomic E-state index is 13.0. The average Bonchev–Trinajstić information content (AvgIpc) is 3.27. The molecule has 1 amide bonds. The van der Waals surface area contributed by atoms with Crippen LogP contribution in [0.1, 0.15) is 12.0 Å². The summed E-state index contributed by atoms with van der Waals surface area (Å²) in [6, 6.07) is 20.3. The third-order valence-corrected chi connectivity index (χ3v) is 5.19. The Kier molecular flexibility index (Phi) is 6.30. The van der Waals surface area contributed by atoms with Gasteiger partial charge in [0.15, 0.2) is 0 Å². The van der Waals surface area contributed by atoms with E-state index < -0.39 is 5.91 Å². The normalized spacial score (nSPS) is 14.1. The number of carbonyl (C=O) groups excluding carboxylic acids is 1. The van der Waals surface area contributed by atoms with Gasteiger partial charge in [-0.05, 0) is 47.0 Å². The lowest BCUT2D eigenvalue weighted by molar-refractivity contribution is -0.130. The number of carbonyl (C=O) groups is 1. The highest BCUT2D eigenvalue weighted by molar-refractivity contribution is 5.83. The van der Waals surface area contributed by atoms with Crippen molar-refractivity contribution < 1.29 is 14.4 Å². The van der Waals surface area contributed by atoms with E-state index in [-0.39, 0.29) is 18.3 Å². The number of nitrogens with zero attached hydrogens (tertiary/aromatic N) is 1. The largest absolute Gasteiger partial charge is 0.379 e. The highest BCUT2D eigenvalue weighted by atomic mass is 19.1. The van der Waals surface area contributed by atoms with Crippen molar-refractivity contribution in [3.8, 4) is 0 Å². The summed E-state index contributed by atoms with van der Waals surface area (Å²) >= 11 is 0. The van der Waals surface area contributed by atoms with Crippen molar-refractivity contribution in [1.29, 1.82) is 0 Å². The minimum Gasteiger partial charge on any atom is -0.379 e. The van der Waals surface area contributed by atoms with Crippen molar-refractivity contribution in [1.82, 2.24) is 21.4 Å². The number of amides is 1. The number of rotatable bonds is 8. The van der Waals surface area contributed by atoms with Crippen LogP contribution >= 0.6 is 0 Å². The maximum Gasteiger partial charge on any atom is 0.245 e. The molecule has 0 bridgehead atoms. The van der Waals surface area contributed by atoms with E-state index in [9.17, 15) is 9.18 Å². The van der Waals surface area contributed by atoms with Crippen LogP contribution in [-0.2, 0) is 11.2 Å². The van der Waals surface area contributed by atoms with Gasteiger partial charge >= 0.3 is 0 Å². The Labute approximate surface area is 179 Å². The monoisotopic (exact) mass is 421 g/mol. The average molecular weight is 421 g/mol. The zero-order valence-electron chi connectivity index (χ0n) is 16.8. The Hall–Kier alpha value is -3.62. The number of anilines is 1. The highest BCUT2D eigenvalue weighted by Crippen LogP contribution is 2.20. The Morgan fingerprint density at radius 2 is 1.84 bits per heavy atom. The second kappa shape index (κ2) is 9.46. The molecule has 0 fully saturated rings. The van der Waals surface area contributed by atoms with Gasteiger partial charge in [0.25, 0.3) is 0 Å². The molecule has 1 heterocycles. The van der Waals surface area contributed by atoms with Crippen LogP contribution in [0.3, 0.4) is 0 Å². The fourth-order valence-electron chi connectivity index (χ4n) is 3.59. The number of benzene rings is 3. The number of hydrogen-bond acceptors (Lipinski definition) is 6. The van der Waals surface area contributed by atoms with Crippen molar-refractivity contribution >= 4 is 22.4 Å². The van der Waals surface area contributed by atoms with Gasteiger partial charge in [-0.2, -0.15) is 0 Å². The molecule has 1 atom stereocenters. The van der Waals surface area contributed by atoms with Crippen LogP contribution in [0.2, 0.25) is 0 Å². The Balaban J connectivity index is 1.46. The topological polar surface area (TPSA) is 88.7 Å². The van der Waals surface area contributed by atoms with Crippen molar-refractivity contribution in [2.24, 2.45) is 0 Å². The fourth-order valence-corrected chi connectivity index (χ4v) is 3.59. The lowest BCUT2D eigenvalue weighted by Crippen LogP contribution is -2.46. The van der Waals surface area contributed by atoms with Crippen LogP contribution in [0.15, 0.2) is 78.6 Å². The fraction of sp³-hybridized carbons (Fsp3) is 0.174. The lowest BCUT2D eigenvalue weighted by Gasteiger charge is -2.26. The summed E-state index contributed by atoms with van der Waals surface area (Å²) in [5, 5.41) is 16.3. The lowest BCUT2D eigenvalue weighted by atomic mass is 9.99. The SMILES string of the molecule is O=C(CC(Cc1ccc2ccccc2c1)N1C=C(CNc2ccc(F)cc2)NN1)NO. The van der Waals surface area contributed by atoms with Gasteiger partial charge in [-0.25, -0.2) is 9.87 Å². The van der Waals surface area contributed by atoms with E-state index >= 15 is 0 Å². The first-order valence-electron chi connectivity index (χ1n) is 10.0. The number of fused-ring (bicyclic) bond motifs is 1. The smallest absolute Gasteiger partial charge is 0.245 e. The van der Waals surface area contributed by atoms with E-state index in [1.54, 1.807) is 17.6 Å². The van der Waals surface area contributed by atoms with Crippen LogP contribution in [-0.4, -0.2) is 28.7 Å². The predicted molar refractivity (Wildman–Crippen MR) is 117 cm³/mol. The van der Waals surface area contributed by atoms with Gasteiger partial charge in [0.05, 0.1) is 24.7 Å². The number of hydrazine groups is 2. The Bertz CT molecular complexity index is 1090. The zero-order valence-corrected chi connectivity index (χ0v) is 16.8. The minimum absolute atomic E-state index is 0.104. The van der Waals surface area contributed by atoms with E-state index in [1.807, 2.05) is 23.3 Å². The molecule has 0 saturated carbocycles. The number of halogens is 1. The Morgan fingerprint density at radius 3 is 2.61 bits per heavy atom. The van der Waals surface area contributed by atoms with E-state index in [0.717, 1.165) is 27.7 Å². The van der Waals surface area contributed by atoms with Crippen LogP contribution < -0.4 is 21.8 Å². The summed E-state index contributed by atoms with van der Waals surface area (Å²) in [5.41, 5.74) is 10.6. The highest BCUT2D eigenvalue weighted by Gasteiger charge is 2.24. The first kappa shape index (κ1) is 20.6. The first-order chi connectivity index (χ1) is 15.1. The molecule has 160 valence electrons. The van der Waals surface area contributed by atoms with Gasteiger partial charge in [0, 0.05) is 11.9 Å². The third kappa shape index (κ3) is 5.30. The van der Waals surface area contributed by atoms with Gasteiger partial charge in [-0.1, -0.05) is 42.5 Å². The Morgan fingerprint density at radius 1 is 1.06 bits per heavy atom. The van der Waals surface area contributed by atoms with E-state index in [1.165, 1.54) is 12.1 Å². The predicted octanol–water partition coefficient (Wildman–Crippen LogP) is 3.06. The quantitative estimate of drug-likeness (QED) is 0.284. The van der Waals surface area contributed by atoms with Crippen molar-refractivity contribution in [2.75, 3.05) is 11.9 Å². The second-order valence-electron chi connectivity index (χ2n) is 7.44.